The first-order valence-electron chi connectivity index (χ1n) is 4.82. The molecule has 1 rings (SSSR count). The topological polar surface area (TPSA) is 58.6 Å². The molecule has 0 saturated carbocycles. The van der Waals surface area contributed by atoms with Crippen molar-refractivity contribution in [2.24, 2.45) is 0 Å². The molecule has 0 saturated heterocycles. The van der Waals surface area contributed by atoms with Crippen LogP contribution in [0, 0.1) is 5.82 Å². The molecule has 0 aliphatic carbocycles. The minimum Gasteiger partial charge on any atom is -0.508 e. The summed E-state index contributed by atoms with van der Waals surface area (Å²) < 4.78 is 17.4. The van der Waals surface area contributed by atoms with Crippen LogP contribution in [0.15, 0.2) is 18.2 Å². The molecule has 0 heterocycles. The average Bonchev–Trinajstić information content (AvgIpc) is 2.23. The standard InChI is InChI=1S/C11H14FNO3/c1-7(11(15)16-2)13-6-8-3-9(12)5-10(14)4-8/h3-5,7,13-14H,6H2,1-2H3/t7-/m0/s1. The van der Waals surface area contributed by atoms with Crippen LogP contribution in [0.25, 0.3) is 0 Å². The number of benzene rings is 1. The number of aromatic hydroxyl groups is 1. The third kappa shape index (κ3) is 3.51. The third-order valence-electron chi connectivity index (χ3n) is 2.11. The number of ether oxygens (including phenoxy) is 1. The number of phenolic OH excluding ortho intramolecular Hbond substituents is 1. The Morgan fingerprint density at radius 1 is 1.56 bits per heavy atom. The molecule has 0 unspecified atom stereocenters. The van der Waals surface area contributed by atoms with Gasteiger partial charge in [-0.25, -0.2) is 4.39 Å². The summed E-state index contributed by atoms with van der Waals surface area (Å²) in [6, 6.07) is 3.26. The van der Waals surface area contributed by atoms with Crippen molar-refractivity contribution in [2.45, 2.75) is 19.5 Å². The summed E-state index contributed by atoms with van der Waals surface area (Å²) in [7, 11) is 1.30. The normalized spacial score (nSPS) is 12.2. The number of methoxy groups -OCH3 is 1. The van der Waals surface area contributed by atoms with E-state index in [2.05, 4.69) is 10.1 Å². The molecule has 0 aromatic heterocycles. The van der Waals surface area contributed by atoms with Crippen molar-refractivity contribution in [1.82, 2.24) is 5.32 Å². The minimum atomic E-state index is -0.512. The van der Waals surface area contributed by atoms with Crippen LogP contribution in [0.3, 0.4) is 0 Å². The molecule has 0 aliphatic rings. The fourth-order valence-corrected chi connectivity index (χ4v) is 1.27. The van der Waals surface area contributed by atoms with E-state index in [-0.39, 0.29) is 18.3 Å². The number of carbonyl (C=O) groups excluding carboxylic acids is 1. The number of hydrogen-bond acceptors (Lipinski definition) is 4. The van der Waals surface area contributed by atoms with Crippen LogP contribution in [0.4, 0.5) is 4.39 Å². The summed E-state index contributed by atoms with van der Waals surface area (Å²) in [4.78, 5) is 11.1. The van der Waals surface area contributed by atoms with Gasteiger partial charge < -0.3 is 15.2 Å². The molecule has 4 nitrogen and oxygen atoms in total. The quantitative estimate of drug-likeness (QED) is 0.758. The molecule has 1 aromatic rings. The molecule has 0 aliphatic heterocycles. The second kappa shape index (κ2) is 5.46. The van der Waals surface area contributed by atoms with Crippen molar-refractivity contribution in [3.8, 4) is 5.75 Å². The lowest BCUT2D eigenvalue weighted by Gasteiger charge is -2.11. The fourth-order valence-electron chi connectivity index (χ4n) is 1.27. The van der Waals surface area contributed by atoms with Crippen LogP contribution >= 0.6 is 0 Å². The van der Waals surface area contributed by atoms with Gasteiger partial charge in [0.2, 0.25) is 0 Å². The second-order valence-corrected chi connectivity index (χ2v) is 3.44. The number of rotatable bonds is 4. The van der Waals surface area contributed by atoms with E-state index < -0.39 is 11.9 Å². The van der Waals surface area contributed by atoms with Crippen LogP contribution in [-0.4, -0.2) is 24.2 Å². The van der Waals surface area contributed by atoms with Crippen molar-refractivity contribution in [3.05, 3.63) is 29.6 Å². The van der Waals surface area contributed by atoms with Gasteiger partial charge in [-0.05, 0) is 24.6 Å². The Kier molecular flexibility index (Phi) is 4.25. The summed E-state index contributed by atoms with van der Waals surface area (Å²) in [5.74, 6) is -1.04. The second-order valence-electron chi connectivity index (χ2n) is 3.44. The Bertz CT molecular complexity index is 361. The highest BCUT2D eigenvalue weighted by Crippen LogP contribution is 2.14. The first-order chi connectivity index (χ1) is 7.52. The molecule has 0 fully saturated rings. The maximum absolute atomic E-state index is 12.9. The lowest BCUT2D eigenvalue weighted by atomic mass is 10.2. The molecule has 0 radical (unpaired) electrons. The highest BCUT2D eigenvalue weighted by Gasteiger charge is 2.11. The Morgan fingerprint density at radius 3 is 2.81 bits per heavy atom. The molecular formula is C11H14FNO3. The van der Waals surface area contributed by atoms with Gasteiger partial charge in [0.25, 0.3) is 0 Å². The zero-order chi connectivity index (χ0) is 12.1. The number of hydrogen-bond donors (Lipinski definition) is 2. The molecule has 2 N–H and O–H groups in total. The van der Waals surface area contributed by atoms with Crippen molar-refractivity contribution >= 4 is 5.97 Å². The van der Waals surface area contributed by atoms with Crippen molar-refractivity contribution in [3.63, 3.8) is 0 Å². The van der Waals surface area contributed by atoms with Gasteiger partial charge in [-0.15, -0.1) is 0 Å². The predicted octanol–water partition coefficient (Wildman–Crippen LogP) is 1.18. The van der Waals surface area contributed by atoms with Crippen LogP contribution in [0.2, 0.25) is 0 Å². The zero-order valence-corrected chi connectivity index (χ0v) is 9.16. The number of carbonyl (C=O) groups is 1. The van der Waals surface area contributed by atoms with Gasteiger partial charge >= 0.3 is 5.97 Å². The lowest BCUT2D eigenvalue weighted by Crippen LogP contribution is -2.34. The van der Waals surface area contributed by atoms with E-state index >= 15 is 0 Å². The van der Waals surface area contributed by atoms with Crippen LogP contribution in [-0.2, 0) is 16.1 Å². The highest BCUT2D eigenvalue weighted by molar-refractivity contribution is 5.75. The van der Waals surface area contributed by atoms with Gasteiger partial charge in [-0.1, -0.05) is 0 Å². The molecule has 0 amide bonds. The van der Waals surface area contributed by atoms with Gasteiger partial charge in [-0.2, -0.15) is 0 Å². The summed E-state index contributed by atoms with van der Waals surface area (Å²) in [6.07, 6.45) is 0. The number of nitrogens with one attached hydrogen (secondary N) is 1. The number of esters is 1. The van der Waals surface area contributed by atoms with Gasteiger partial charge in [0, 0.05) is 12.6 Å². The lowest BCUT2D eigenvalue weighted by molar-refractivity contribution is -0.142. The van der Waals surface area contributed by atoms with Gasteiger partial charge in [-0.3, -0.25) is 4.79 Å². The first kappa shape index (κ1) is 12.4. The van der Waals surface area contributed by atoms with Gasteiger partial charge in [0.1, 0.15) is 17.6 Å². The van der Waals surface area contributed by atoms with E-state index in [1.807, 2.05) is 0 Å². The molecule has 0 bridgehead atoms. The molecule has 5 heteroatoms. The first-order valence-corrected chi connectivity index (χ1v) is 4.82. The summed E-state index contributed by atoms with van der Waals surface area (Å²) >= 11 is 0. The largest absolute Gasteiger partial charge is 0.508 e. The fraction of sp³-hybridized carbons (Fsp3) is 0.364. The smallest absolute Gasteiger partial charge is 0.322 e. The van der Waals surface area contributed by atoms with E-state index in [0.717, 1.165) is 6.07 Å². The molecule has 0 spiro atoms. The molecule has 1 atom stereocenters. The van der Waals surface area contributed by atoms with E-state index in [0.29, 0.717) is 5.56 Å². The summed E-state index contributed by atoms with van der Waals surface area (Å²) in [6.45, 7) is 1.92. The Morgan fingerprint density at radius 2 is 2.25 bits per heavy atom. The predicted molar refractivity (Wildman–Crippen MR) is 56.4 cm³/mol. The molecule has 1 aromatic carbocycles. The molecule has 88 valence electrons. The highest BCUT2D eigenvalue weighted by atomic mass is 19.1. The van der Waals surface area contributed by atoms with Crippen molar-refractivity contribution < 1.29 is 19.0 Å². The van der Waals surface area contributed by atoms with Crippen LogP contribution < -0.4 is 5.32 Å². The minimum absolute atomic E-state index is 0.137. The monoisotopic (exact) mass is 227 g/mol. The van der Waals surface area contributed by atoms with Crippen molar-refractivity contribution in [1.29, 1.82) is 0 Å². The third-order valence-corrected chi connectivity index (χ3v) is 2.11. The SMILES string of the molecule is COC(=O)[C@H](C)NCc1cc(O)cc(F)c1. The van der Waals surface area contributed by atoms with E-state index in [9.17, 15) is 9.18 Å². The van der Waals surface area contributed by atoms with Crippen LogP contribution in [0.1, 0.15) is 12.5 Å². The maximum atomic E-state index is 12.9. The average molecular weight is 227 g/mol. The summed E-state index contributed by atoms with van der Waals surface area (Å²) in [5.41, 5.74) is 0.563. The maximum Gasteiger partial charge on any atom is 0.322 e. The van der Waals surface area contributed by atoms with E-state index in [1.165, 1.54) is 19.2 Å². The Hall–Kier alpha value is -1.62. The van der Waals surface area contributed by atoms with Gasteiger partial charge in [0.05, 0.1) is 7.11 Å². The molecular weight excluding hydrogens is 213 g/mol. The van der Waals surface area contributed by atoms with Gasteiger partial charge in [0.15, 0.2) is 0 Å². The Balaban J connectivity index is 2.57. The number of halogens is 1. The van der Waals surface area contributed by atoms with Crippen LogP contribution in [0.5, 0.6) is 5.75 Å². The van der Waals surface area contributed by atoms with E-state index in [4.69, 9.17) is 5.11 Å². The number of phenols is 1. The Labute approximate surface area is 93.0 Å². The van der Waals surface area contributed by atoms with E-state index in [1.54, 1.807) is 6.92 Å². The molecule has 16 heavy (non-hydrogen) atoms. The van der Waals surface area contributed by atoms with Crippen molar-refractivity contribution in [2.75, 3.05) is 7.11 Å². The zero-order valence-electron chi connectivity index (χ0n) is 9.16. The summed E-state index contributed by atoms with van der Waals surface area (Å²) in [5, 5.41) is 12.0.